The minimum Gasteiger partial charge on any atom is -0.497 e. The number of methoxy groups -OCH3 is 1. The summed E-state index contributed by atoms with van der Waals surface area (Å²) in [5, 5.41) is 4.26. The molecule has 0 bridgehead atoms. The third kappa shape index (κ3) is 2.66. The number of hydrogen-bond donors (Lipinski definition) is 2. The zero-order valence-corrected chi connectivity index (χ0v) is 15.4. The van der Waals surface area contributed by atoms with E-state index in [1.807, 2.05) is 42.6 Å². The molecule has 0 saturated heterocycles. The standard InChI is InChI=1S/C22H24N2O2/c1-14(2)16-6-4-5-7-20(16)24-21(25)22(10-11-22)18-13-23-19-9-8-15(26-3)12-17(18)19/h4-9,12-14,23H,10-11H2,1-3H3,(H,24,25). The first-order chi connectivity index (χ1) is 12.5. The summed E-state index contributed by atoms with van der Waals surface area (Å²) < 4.78 is 5.36. The molecule has 1 fully saturated rings. The van der Waals surface area contributed by atoms with Crippen molar-refractivity contribution in [3.8, 4) is 5.75 Å². The van der Waals surface area contributed by atoms with Crippen molar-refractivity contribution >= 4 is 22.5 Å². The Morgan fingerprint density at radius 3 is 2.65 bits per heavy atom. The number of anilines is 1. The number of hydrogen-bond acceptors (Lipinski definition) is 2. The highest BCUT2D eigenvalue weighted by molar-refractivity contribution is 6.05. The van der Waals surface area contributed by atoms with Crippen LogP contribution in [0.3, 0.4) is 0 Å². The second kappa shape index (κ2) is 6.20. The molecule has 2 aromatic carbocycles. The van der Waals surface area contributed by atoms with Gasteiger partial charge in [0.25, 0.3) is 0 Å². The molecule has 134 valence electrons. The lowest BCUT2D eigenvalue weighted by atomic mass is 9.93. The quantitative estimate of drug-likeness (QED) is 0.684. The van der Waals surface area contributed by atoms with Gasteiger partial charge in [-0.15, -0.1) is 0 Å². The van der Waals surface area contributed by atoms with Gasteiger partial charge in [0.1, 0.15) is 5.75 Å². The van der Waals surface area contributed by atoms with Crippen LogP contribution in [0, 0.1) is 0 Å². The smallest absolute Gasteiger partial charge is 0.235 e. The van der Waals surface area contributed by atoms with Crippen molar-refractivity contribution in [2.45, 2.75) is 38.0 Å². The number of carbonyl (C=O) groups is 1. The van der Waals surface area contributed by atoms with Gasteiger partial charge in [-0.05, 0) is 54.2 Å². The molecule has 0 atom stereocenters. The summed E-state index contributed by atoms with van der Waals surface area (Å²) in [5.74, 6) is 1.24. The molecule has 2 N–H and O–H groups in total. The summed E-state index contributed by atoms with van der Waals surface area (Å²) in [6.07, 6.45) is 3.71. The van der Waals surface area contributed by atoms with Gasteiger partial charge in [-0.3, -0.25) is 4.79 Å². The summed E-state index contributed by atoms with van der Waals surface area (Å²) in [4.78, 5) is 16.5. The maximum Gasteiger partial charge on any atom is 0.235 e. The predicted octanol–water partition coefficient (Wildman–Crippen LogP) is 4.97. The monoisotopic (exact) mass is 348 g/mol. The van der Waals surface area contributed by atoms with Crippen molar-refractivity contribution in [1.29, 1.82) is 0 Å². The van der Waals surface area contributed by atoms with Crippen molar-refractivity contribution < 1.29 is 9.53 Å². The Hall–Kier alpha value is -2.75. The third-order valence-corrected chi connectivity index (χ3v) is 5.42. The topological polar surface area (TPSA) is 54.1 Å². The Bertz CT molecular complexity index is 967. The van der Waals surface area contributed by atoms with E-state index >= 15 is 0 Å². The van der Waals surface area contributed by atoms with Crippen molar-refractivity contribution in [2.24, 2.45) is 0 Å². The zero-order chi connectivity index (χ0) is 18.3. The number of para-hydroxylation sites is 1. The van der Waals surface area contributed by atoms with Crippen LogP contribution in [0.4, 0.5) is 5.69 Å². The molecule has 3 aromatic rings. The molecule has 1 heterocycles. The van der Waals surface area contributed by atoms with Crippen molar-refractivity contribution in [3.05, 3.63) is 59.8 Å². The fraction of sp³-hybridized carbons (Fsp3) is 0.318. The van der Waals surface area contributed by atoms with Crippen molar-refractivity contribution in [3.63, 3.8) is 0 Å². The van der Waals surface area contributed by atoms with E-state index in [4.69, 9.17) is 4.74 Å². The summed E-state index contributed by atoms with van der Waals surface area (Å²) in [6.45, 7) is 4.29. The molecule has 26 heavy (non-hydrogen) atoms. The van der Waals surface area contributed by atoms with Crippen LogP contribution < -0.4 is 10.1 Å². The molecule has 4 rings (SSSR count). The van der Waals surface area contributed by atoms with E-state index in [1.54, 1.807) is 7.11 Å². The molecule has 1 saturated carbocycles. The van der Waals surface area contributed by atoms with Crippen LogP contribution in [0.15, 0.2) is 48.7 Å². The number of ether oxygens (including phenoxy) is 1. The highest BCUT2D eigenvalue weighted by atomic mass is 16.5. The van der Waals surface area contributed by atoms with E-state index < -0.39 is 5.41 Å². The number of nitrogens with one attached hydrogen (secondary N) is 2. The highest BCUT2D eigenvalue weighted by Crippen LogP contribution is 2.51. The lowest BCUT2D eigenvalue weighted by Gasteiger charge is -2.18. The number of aromatic amines is 1. The molecule has 4 heteroatoms. The summed E-state index contributed by atoms with van der Waals surface area (Å²) >= 11 is 0. The molecule has 0 spiro atoms. The second-order valence-electron chi connectivity index (χ2n) is 7.39. The summed E-state index contributed by atoms with van der Waals surface area (Å²) in [6, 6.07) is 14.0. The molecule has 0 radical (unpaired) electrons. The number of carbonyl (C=O) groups excluding carboxylic acids is 1. The van der Waals surface area contributed by atoms with Gasteiger partial charge in [0.15, 0.2) is 0 Å². The van der Waals surface area contributed by atoms with Crippen molar-refractivity contribution in [1.82, 2.24) is 4.98 Å². The van der Waals surface area contributed by atoms with Gasteiger partial charge in [-0.2, -0.15) is 0 Å². The van der Waals surface area contributed by atoms with Gasteiger partial charge in [-0.1, -0.05) is 32.0 Å². The first-order valence-electron chi connectivity index (χ1n) is 9.11. The van der Waals surface area contributed by atoms with Crippen LogP contribution in [-0.2, 0) is 10.2 Å². The van der Waals surface area contributed by atoms with Gasteiger partial charge < -0.3 is 15.0 Å². The first-order valence-corrected chi connectivity index (χ1v) is 9.11. The van der Waals surface area contributed by atoms with Crippen LogP contribution in [0.1, 0.15) is 43.7 Å². The summed E-state index contributed by atoms with van der Waals surface area (Å²) in [5.41, 5.74) is 3.72. The number of H-pyrrole nitrogens is 1. The van der Waals surface area contributed by atoms with Crippen LogP contribution >= 0.6 is 0 Å². The first kappa shape index (κ1) is 16.7. The SMILES string of the molecule is COc1ccc2[nH]cc(C3(C(=O)Nc4ccccc4C(C)C)CC3)c2c1. The molecular weight excluding hydrogens is 324 g/mol. The van der Waals surface area contributed by atoms with Gasteiger partial charge in [-0.25, -0.2) is 0 Å². The van der Waals surface area contributed by atoms with Gasteiger partial charge >= 0.3 is 0 Å². The minimum absolute atomic E-state index is 0.0781. The third-order valence-electron chi connectivity index (χ3n) is 5.42. The number of fused-ring (bicyclic) bond motifs is 1. The largest absolute Gasteiger partial charge is 0.497 e. The minimum atomic E-state index is -0.450. The molecular formula is C22H24N2O2. The number of amides is 1. The fourth-order valence-corrected chi connectivity index (χ4v) is 3.72. The normalized spacial score (nSPS) is 15.2. The predicted molar refractivity (Wildman–Crippen MR) is 105 cm³/mol. The molecule has 1 aliphatic rings. The van der Waals surface area contributed by atoms with Crippen molar-refractivity contribution in [2.75, 3.05) is 12.4 Å². The molecule has 4 nitrogen and oxygen atoms in total. The number of rotatable bonds is 5. The van der Waals surface area contributed by atoms with Crippen LogP contribution in [0.25, 0.3) is 10.9 Å². The Morgan fingerprint density at radius 1 is 1.19 bits per heavy atom. The average Bonchev–Trinajstić information content (AvgIpc) is 3.35. The van der Waals surface area contributed by atoms with E-state index in [0.29, 0.717) is 5.92 Å². The molecule has 1 amide bonds. The molecule has 1 aromatic heterocycles. The van der Waals surface area contributed by atoms with E-state index in [-0.39, 0.29) is 5.91 Å². The molecule has 1 aliphatic carbocycles. The Kier molecular flexibility index (Phi) is 3.98. The van der Waals surface area contributed by atoms with E-state index in [1.165, 1.54) is 0 Å². The number of benzene rings is 2. The van der Waals surface area contributed by atoms with Crippen LogP contribution in [-0.4, -0.2) is 18.0 Å². The van der Waals surface area contributed by atoms with Gasteiger partial charge in [0, 0.05) is 22.8 Å². The fourth-order valence-electron chi connectivity index (χ4n) is 3.72. The summed E-state index contributed by atoms with van der Waals surface area (Å²) in [7, 11) is 1.66. The Morgan fingerprint density at radius 2 is 1.96 bits per heavy atom. The highest BCUT2D eigenvalue weighted by Gasteiger charge is 2.52. The molecule has 0 unspecified atom stereocenters. The van der Waals surface area contributed by atoms with Gasteiger partial charge in [0.2, 0.25) is 5.91 Å². The zero-order valence-electron chi connectivity index (χ0n) is 15.4. The Labute approximate surface area is 153 Å². The van der Waals surface area contributed by atoms with Crippen LogP contribution in [0.2, 0.25) is 0 Å². The maximum atomic E-state index is 13.2. The maximum absolute atomic E-state index is 13.2. The number of aromatic nitrogens is 1. The second-order valence-corrected chi connectivity index (χ2v) is 7.39. The lowest BCUT2D eigenvalue weighted by Crippen LogP contribution is -2.28. The van der Waals surface area contributed by atoms with E-state index in [0.717, 1.165) is 46.3 Å². The van der Waals surface area contributed by atoms with E-state index in [2.05, 4.69) is 30.2 Å². The van der Waals surface area contributed by atoms with E-state index in [9.17, 15) is 4.79 Å². The lowest BCUT2D eigenvalue weighted by molar-refractivity contribution is -0.118. The van der Waals surface area contributed by atoms with Crippen LogP contribution in [0.5, 0.6) is 5.75 Å². The Balaban J connectivity index is 1.69. The van der Waals surface area contributed by atoms with Gasteiger partial charge in [0.05, 0.1) is 12.5 Å². The molecule has 0 aliphatic heterocycles. The average molecular weight is 348 g/mol.